The van der Waals surface area contributed by atoms with Crippen LogP contribution in [0.2, 0.25) is 0 Å². The van der Waals surface area contributed by atoms with Gasteiger partial charge < -0.3 is 5.32 Å². The molecule has 6 nitrogen and oxygen atoms in total. The Labute approximate surface area is 189 Å². The van der Waals surface area contributed by atoms with Crippen molar-refractivity contribution in [3.63, 3.8) is 0 Å². The number of aromatic nitrogens is 2. The standard InChI is InChI=1S/C26H24FN3O3/c1-16-7-12-23-21(13-16)25(32)30(22-6-4-5-17(2)18(22)3)26(33)29(23)15-24(31)28-14-19-8-10-20(27)11-9-19/h4-13H,14-15H2,1-3H3,(H,28,31). The maximum absolute atomic E-state index is 13.5. The summed E-state index contributed by atoms with van der Waals surface area (Å²) in [5.41, 5.74) is 3.26. The van der Waals surface area contributed by atoms with Crippen molar-refractivity contribution < 1.29 is 9.18 Å². The van der Waals surface area contributed by atoms with Gasteiger partial charge in [-0.25, -0.2) is 13.8 Å². The lowest BCUT2D eigenvalue weighted by atomic mass is 10.1. The highest BCUT2D eigenvalue weighted by molar-refractivity contribution is 5.82. The van der Waals surface area contributed by atoms with Gasteiger partial charge in [0.05, 0.1) is 16.6 Å². The number of carbonyl (C=O) groups excluding carboxylic acids is 1. The van der Waals surface area contributed by atoms with Gasteiger partial charge in [0.15, 0.2) is 0 Å². The zero-order chi connectivity index (χ0) is 23.7. The molecule has 0 saturated heterocycles. The molecule has 0 atom stereocenters. The van der Waals surface area contributed by atoms with Gasteiger partial charge in [-0.1, -0.05) is 35.9 Å². The summed E-state index contributed by atoms with van der Waals surface area (Å²) < 4.78 is 15.6. The van der Waals surface area contributed by atoms with Crippen LogP contribution in [0.3, 0.4) is 0 Å². The average Bonchev–Trinajstić information content (AvgIpc) is 2.79. The molecule has 0 bridgehead atoms. The molecule has 0 aliphatic heterocycles. The van der Waals surface area contributed by atoms with Crippen molar-refractivity contribution in [2.24, 2.45) is 0 Å². The molecule has 1 amide bonds. The molecule has 1 N–H and O–H groups in total. The van der Waals surface area contributed by atoms with Crippen molar-refractivity contribution >= 4 is 16.8 Å². The van der Waals surface area contributed by atoms with E-state index in [0.29, 0.717) is 16.6 Å². The minimum Gasteiger partial charge on any atom is -0.350 e. The van der Waals surface area contributed by atoms with Gasteiger partial charge in [0, 0.05) is 6.54 Å². The van der Waals surface area contributed by atoms with E-state index in [0.717, 1.165) is 26.8 Å². The fourth-order valence-corrected chi connectivity index (χ4v) is 3.83. The SMILES string of the molecule is Cc1ccc2c(c1)c(=O)n(-c1cccc(C)c1C)c(=O)n2CC(=O)NCc1ccc(F)cc1. The van der Waals surface area contributed by atoms with E-state index in [1.54, 1.807) is 42.5 Å². The maximum Gasteiger partial charge on any atom is 0.336 e. The second-order valence-electron chi connectivity index (χ2n) is 8.15. The number of benzene rings is 3. The first-order valence-electron chi connectivity index (χ1n) is 10.6. The van der Waals surface area contributed by atoms with Gasteiger partial charge in [0.2, 0.25) is 5.91 Å². The van der Waals surface area contributed by atoms with E-state index in [1.807, 2.05) is 26.8 Å². The first kappa shape index (κ1) is 22.2. The van der Waals surface area contributed by atoms with Crippen LogP contribution in [0.1, 0.15) is 22.3 Å². The number of aryl methyl sites for hydroxylation is 2. The lowest BCUT2D eigenvalue weighted by Crippen LogP contribution is -2.42. The van der Waals surface area contributed by atoms with Gasteiger partial charge in [-0.05, 0) is 67.8 Å². The van der Waals surface area contributed by atoms with Crippen LogP contribution in [-0.2, 0) is 17.9 Å². The second-order valence-corrected chi connectivity index (χ2v) is 8.15. The summed E-state index contributed by atoms with van der Waals surface area (Å²) in [5, 5.41) is 3.12. The molecule has 0 saturated carbocycles. The number of amides is 1. The van der Waals surface area contributed by atoms with Crippen LogP contribution in [0.15, 0.2) is 70.3 Å². The quantitative estimate of drug-likeness (QED) is 0.511. The molecule has 1 aromatic heterocycles. The van der Waals surface area contributed by atoms with Crippen LogP contribution in [0.25, 0.3) is 16.6 Å². The molecule has 3 aromatic carbocycles. The third-order valence-corrected chi connectivity index (χ3v) is 5.82. The molecular formula is C26H24FN3O3. The fourth-order valence-electron chi connectivity index (χ4n) is 3.83. The van der Waals surface area contributed by atoms with Crippen molar-refractivity contribution in [2.75, 3.05) is 0 Å². The number of halogens is 1. The number of nitrogens with zero attached hydrogens (tertiary/aromatic N) is 2. The van der Waals surface area contributed by atoms with Crippen molar-refractivity contribution in [2.45, 2.75) is 33.9 Å². The number of hydrogen-bond acceptors (Lipinski definition) is 3. The lowest BCUT2D eigenvalue weighted by Gasteiger charge is -2.16. The number of rotatable bonds is 5. The fraction of sp³-hybridized carbons (Fsp3) is 0.192. The summed E-state index contributed by atoms with van der Waals surface area (Å²) in [6.07, 6.45) is 0. The van der Waals surface area contributed by atoms with Crippen LogP contribution in [0.5, 0.6) is 0 Å². The van der Waals surface area contributed by atoms with Crippen LogP contribution in [0.4, 0.5) is 4.39 Å². The molecule has 7 heteroatoms. The van der Waals surface area contributed by atoms with E-state index in [4.69, 9.17) is 0 Å². The molecule has 0 unspecified atom stereocenters. The Kier molecular flexibility index (Phi) is 5.96. The van der Waals surface area contributed by atoms with Gasteiger partial charge in [0.25, 0.3) is 5.56 Å². The number of nitrogens with one attached hydrogen (secondary N) is 1. The average molecular weight is 445 g/mol. The Bertz CT molecular complexity index is 1480. The van der Waals surface area contributed by atoms with Crippen LogP contribution in [-0.4, -0.2) is 15.0 Å². The molecule has 1 heterocycles. The first-order chi connectivity index (χ1) is 15.8. The lowest BCUT2D eigenvalue weighted by molar-refractivity contribution is -0.121. The molecule has 0 aliphatic rings. The Morgan fingerprint density at radius 3 is 2.42 bits per heavy atom. The smallest absolute Gasteiger partial charge is 0.336 e. The zero-order valence-corrected chi connectivity index (χ0v) is 18.7. The molecule has 33 heavy (non-hydrogen) atoms. The van der Waals surface area contributed by atoms with Gasteiger partial charge >= 0.3 is 5.69 Å². The van der Waals surface area contributed by atoms with Crippen LogP contribution in [0, 0.1) is 26.6 Å². The predicted molar refractivity (Wildman–Crippen MR) is 126 cm³/mol. The van der Waals surface area contributed by atoms with Crippen LogP contribution >= 0.6 is 0 Å². The molecule has 0 aliphatic carbocycles. The minimum atomic E-state index is -0.581. The summed E-state index contributed by atoms with van der Waals surface area (Å²) in [4.78, 5) is 39.6. The first-order valence-corrected chi connectivity index (χ1v) is 10.6. The normalized spacial score (nSPS) is 11.0. The highest BCUT2D eigenvalue weighted by Crippen LogP contribution is 2.17. The third kappa shape index (κ3) is 4.35. The third-order valence-electron chi connectivity index (χ3n) is 5.82. The molecule has 168 valence electrons. The van der Waals surface area contributed by atoms with Gasteiger partial charge in [-0.3, -0.25) is 14.2 Å². The second kappa shape index (κ2) is 8.86. The van der Waals surface area contributed by atoms with E-state index in [2.05, 4.69) is 5.32 Å². The number of carbonyl (C=O) groups is 1. The topological polar surface area (TPSA) is 73.1 Å². The molecule has 4 aromatic rings. The number of fused-ring (bicyclic) bond motifs is 1. The summed E-state index contributed by atoms with van der Waals surface area (Å²) in [6.45, 7) is 5.57. The minimum absolute atomic E-state index is 0.196. The van der Waals surface area contributed by atoms with Gasteiger partial charge in [-0.2, -0.15) is 0 Å². The van der Waals surface area contributed by atoms with E-state index >= 15 is 0 Å². The summed E-state index contributed by atoms with van der Waals surface area (Å²) in [6, 6.07) is 16.5. The highest BCUT2D eigenvalue weighted by atomic mass is 19.1. The van der Waals surface area contributed by atoms with E-state index in [1.165, 1.54) is 16.7 Å². The maximum atomic E-state index is 13.5. The monoisotopic (exact) mass is 445 g/mol. The molecule has 4 rings (SSSR count). The van der Waals surface area contributed by atoms with E-state index in [-0.39, 0.29) is 18.9 Å². The summed E-state index contributed by atoms with van der Waals surface area (Å²) in [5.74, 6) is -0.749. The Balaban J connectivity index is 1.79. The molecule has 0 fully saturated rings. The molecule has 0 spiro atoms. The molecule has 0 radical (unpaired) electrons. The summed E-state index contributed by atoms with van der Waals surface area (Å²) >= 11 is 0. The Hall–Kier alpha value is -4.00. The van der Waals surface area contributed by atoms with Crippen molar-refractivity contribution in [3.8, 4) is 5.69 Å². The Morgan fingerprint density at radius 1 is 0.970 bits per heavy atom. The Morgan fingerprint density at radius 2 is 1.70 bits per heavy atom. The predicted octanol–water partition coefficient (Wildman–Crippen LogP) is 3.53. The van der Waals surface area contributed by atoms with Crippen molar-refractivity contribution in [3.05, 3.63) is 110 Å². The zero-order valence-electron chi connectivity index (χ0n) is 18.7. The van der Waals surface area contributed by atoms with E-state index in [9.17, 15) is 18.8 Å². The van der Waals surface area contributed by atoms with Gasteiger partial charge in [0.1, 0.15) is 12.4 Å². The van der Waals surface area contributed by atoms with Gasteiger partial charge in [-0.15, -0.1) is 0 Å². The van der Waals surface area contributed by atoms with Crippen LogP contribution < -0.4 is 16.6 Å². The van der Waals surface area contributed by atoms with Crippen molar-refractivity contribution in [1.82, 2.24) is 14.5 Å². The largest absolute Gasteiger partial charge is 0.350 e. The summed E-state index contributed by atoms with van der Waals surface area (Å²) in [7, 11) is 0. The highest BCUT2D eigenvalue weighted by Gasteiger charge is 2.18. The van der Waals surface area contributed by atoms with Crippen molar-refractivity contribution in [1.29, 1.82) is 0 Å². The molecular weight excluding hydrogens is 421 g/mol. The number of hydrogen-bond donors (Lipinski definition) is 1. The van der Waals surface area contributed by atoms with E-state index < -0.39 is 17.2 Å².